The van der Waals surface area contributed by atoms with Gasteiger partial charge in [0.1, 0.15) is 6.10 Å². The Morgan fingerprint density at radius 2 is 2.27 bits per heavy atom. The van der Waals surface area contributed by atoms with Gasteiger partial charge in [0, 0.05) is 25.5 Å². The van der Waals surface area contributed by atoms with Gasteiger partial charge >= 0.3 is 0 Å². The van der Waals surface area contributed by atoms with Gasteiger partial charge in [-0.2, -0.15) is 0 Å². The van der Waals surface area contributed by atoms with E-state index in [1.807, 2.05) is 6.92 Å². The van der Waals surface area contributed by atoms with Crippen molar-refractivity contribution in [3.8, 4) is 5.88 Å². The molecule has 0 amide bonds. The number of aryl methyl sites for hydroxylation is 1. The van der Waals surface area contributed by atoms with E-state index in [1.165, 1.54) is 0 Å². The lowest BCUT2D eigenvalue weighted by atomic mass is 10.3. The fourth-order valence-corrected chi connectivity index (χ4v) is 1.85. The van der Waals surface area contributed by atoms with Crippen LogP contribution >= 0.6 is 0 Å². The Balaban J connectivity index is 1.96. The minimum absolute atomic E-state index is 0.278. The molecule has 1 aliphatic heterocycles. The number of likely N-dealkylation sites (N-methyl/N-ethyl adjacent to an activating group) is 1. The van der Waals surface area contributed by atoms with Gasteiger partial charge in [0.25, 0.3) is 0 Å². The third-order valence-electron chi connectivity index (χ3n) is 2.79. The highest BCUT2D eigenvalue weighted by Gasteiger charge is 2.23. The van der Waals surface area contributed by atoms with Crippen molar-refractivity contribution in [1.82, 2.24) is 14.9 Å². The second-order valence-electron chi connectivity index (χ2n) is 3.87. The van der Waals surface area contributed by atoms with Gasteiger partial charge in [0.2, 0.25) is 5.88 Å². The van der Waals surface area contributed by atoms with E-state index in [2.05, 4.69) is 21.8 Å². The summed E-state index contributed by atoms with van der Waals surface area (Å²) in [6.45, 7) is 7.33. The SMILES string of the molecule is CCN1CCC(Oc2nccnc2C)C1. The summed E-state index contributed by atoms with van der Waals surface area (Å²) in [5.41, 5.74) is 0.868. The molecule has 0 aromatic carbocycles. The number of nitrogens with zero attached hydrogens (tertiary/aromatic N) is 3. The summed E-state index contributed by atoms with van der Waals surface area (Å²) in [6.07, 6.45) is 4.73. The van der Waals surface area contributed by atoms with E-state index >= 15 is 0 Å². The molecule has 1 aliphatic rings. The van der Waals surface area contributed by atoms with E-state index in [0.717, 1.165) is 31.7 Å². The van der Waals surface area contributed by atoms with Crippen LogP contribution in [0.3, 0.4) is 0 Å². The normalized spacial score (nSPS) is 21.9. The smallest absolute Gasteiger partial charge is 0.235 e. The lowest BCUT2D eigenvalue weighted by molar-refractivity contribution is 0.192. The third kappa shape index (κ3) is 2.45. The zero-order valence-corrected chi connectivity index (χ0v) is 9.31. The van der Waals surface area contributed by atoms with Crippen LogP contribution in [0.4, 0.5) is 0 Å². The molecule has 0 aliphatic carbocycles. The highest BCUT2D eigenvalue weighted by atomic mass is 16.5. The molecule has 0 N–H and O–H groups in total. The molecule has 1 atom stereocenters. The van der Waals surface area contributed by atoms with Gasteiger partial charge in [-0.3, -0.25) is 9.88 Å². The molecule has 0 spiro atoms. The first-order valence-electron chi connectivity index (χ1n) is 5.46. The Kier molecular flexibility index (Phi) is 3.16. The zero-order chi connectivity index (χ0) is 10.7. The summed E-state index contributed by atoms with van der Waals surface area (Å²) in [7, 11) is 0. The van der Waals surface area contributed by atoms with E-state index < -0.39 is 0 Å². The van der Waals surface area contributed by atoms with Crippen LogP contribution in [-0.4, -0.2) is 40.6 Å². The first-order valence-corrected chi connectivity index (χ1v) is 5.46. The lowest BCUT2D eigenvalue weighted by Crippen LogP contribution is -2.25. The third-order valence-corrected chi connectivity index (χ3v) is 2.79. The summed E-state index contributed by atoms with van der Waals surface area (Å²) < 4.78 is 5.82. The van der Waals surface area contributed by atoms with Gasteiger partial charge in [-0.15, -0.1) is 0 Å². The summed E-state index contributed by atoms with van der Waals surface area (Å²) >= 11 is 0. The van der Waals surface area contributed by atoms with Crippen LogP contribution in [0.2, 0.25) is 0 Å². The van der Waals surface area contributed by atoms with Crippen molar-refractivity contribution in [1.29, 1.82) is 0 Å². The average Bonchev–Trinajstić information content (AvgIpc) is 2.69. The van der Waals surface area contributed by atoms with E-state index in [1.54, 1.807) is 12.4 Å². The molecule has 1 unspecified atom stereocenters. The lowest BCUT2D eigenvalue weighted by Gasteiger charge is -2.14. The van der Waals surface area contributed by atoms with Crippen LogP contribution in [0.25, 0.3) is 0 Å². The van der Waals surface area contributed by atoms with E-state index in [0.29, 0.717) is 5.88 Å². The summed E-state index contributed by atoms with van der Waals surface area (Å²) in [4.78, 5) is 10.7. The van der Waals surface area contributed by atoms with Crippen LogP contribution in [-0.2, 0) is 0 Å². The fourth-order valence-electron chi connectivity index (χ4n) is 1.85. The molecule has 0 saturated carbocycles. The Labute approximate surface area is 90.3 Å². The highest BCUT2D eigenvalue weighted by molar-refractivity contribution is 5.15. The Morgan fingerprint density at radius 1 is 1.47 bits per heavy atom. The predicted molar refractivity (Wildman–Crippen MR) is 57.9 cm³/mol. The van der Waals surface area contributed by atoms with Crippen LogP contribution in [0.5, 0.6) is 5.88 Å². The minimum atomic E-state index is 0.278. The van der Waals surface area contributed by atoms with Crippen molar-refractivity contribution in [2.75, 3.05) is 19.6 Å². The summed E-state index contributed by atoms with van der Waals surface area (Å²) in [5.74, 6) is 0.681. The number of aromatic nitrogens is 2. The largest absolute Gasteiger partial charge is 0.472 e. The van der Waals surface area contributed by atoms with E-state index in [9.17, 15) is 0 Å². The molecule has 1 aromatic rings. The van der Waals surface area contributed by atoms with Crippen LogP contribution in [0.15, 0.2) is 12.4 Å². The average molecular weight is 207 g/mol. The molecule has 1 saturated heterocycles. The van der Waals surface area contributed by atoms with Crippen molar-refractivity contribution in [3.63, 3.8) is 0 Å². The molecule has 82 valence electrons. The molecule has 15 heavy (non-hydrogen) atoms. The van der Waals surface area contributed by atoms with Gasteiger partial charge in [-0.25, -0.2) is 4.98 Å². The molecule has 1 fully saturated rings. The molecule has 2 heterocycles. The van der Waals surface area contributed by atoms with Crippen molar-refractivity contribution < 1.29 is 4.74 Å². The number of hydrogen-bond acceptors (Lipinski definition) is 4. The van der Waals surface area contributed by atoms with Gasteiger partial charge in [-0.05, 0) is 19.9 Å². The van der Waals surface area contributed by atoms with Crippen LogP contribution < -0.4 is 4.74 Å². The van der Waals surface area contributed by atoms with Crippen LogP contribution in [0.1, 0.15) is 19.0 Å². The number of rotatable bonds is 3. The topological polar surface area (TPSA) is 38.2 Å². The van der Waals surface area contributed by atoms with Crippen molar-refractivity contribution in [2.45, 2.75) is 26.4 Å². The molecule has 2 rings (SSSR count). The minimum Gasteiger partial charge on any atom is -0.472 e. The second-order valence-corrected chi connectivity index (χ2v) is 3.87. The van der Waals surface area contributed by atoms with Gasteiger partial charge < -0.3 is 4.74 Å². The van der Waals surface area contributed by atoms with Gasteiger partial charge in [0.05, 0.1) is 5.69 Å². The molecule has 4 heteroatoms. The maximum atomic E-state index is 5.82. The Bertz CT molecular complexity index is 329. The maximum absolute atomic E-state index is 5.82. The number of likely N-dealkylation sites (tertiary alicyclic amines) is 1. The molecular formula is C11H17N3O. The Morgan fingerprint density at radius 3 is 2.93 bits per heavy atom. The Hall–Kier alpha value is -1.16. The van der Waals surface area contributed by atoms with Crippen LogP contribution in [0, 0.1) is 6.92 Å². The zero-order valence-electron chi connectivity index (χ0n) is 9.31. The second kappa shape index (κ2) is 4.57. The summed E-state index contributed by atoms with van der Waals surface area (Å²) in [5, 5.41) is 0. The number of hydrogen-bond donors (Lipinski definition) is 0. The summed E-state index contributed by atoms with van der Waals surface area (Å²) in [6, 6.07) is 0. The predicted octanol–water partition coefficient (Wildman–Crippen LogP) is 1.26. The first-order chi connectivity index (χ1) is 7.29. The van der Waals surface area contributed by atoms with E-state index in [4.69, 9.17) is 4.74 Å². The quantitative estimate of drug-likeness (QED) is 0.748. The first kappa shape index (κ1) is 10.4. The van der Waals surface area contributed by atoms with E-state index in [-0.39, 0.29) is 6.10 Å². The van der Waals surface area contributed by atoms with Crippen molar-refractivity contribution >= 4 is 0 Å². The molecule has 0 radical (unpaired) electrons. The van der Waals surface area contributed by atoms with Crippen molar-refractivity contribution in [2.24, 2.45) is 0 Å². The van der Waals surface area contributed by atoms with Gasteiger partial charge in [-0.1, -0.05) is 6.92 Å². The monoisotopic (exact) mass is 207 g/mol. The number of ether oxygens (including phenoxy) is 1. The highest BCUT2D eigenvalue weighted by Crippen LogP contribution is 2.17. The molecule has 0 bridgehead atoms. The van der Waals surface area contributed by atoms with Gasteiger partial charge in [0.15, 0.2) is 0 Å². The molecular weight excluding hydrogens is 190 g/mol. The molecule has 1 aromatic heterocycles. The standard InChI is InChI=1S/C11H17N3O/c1-3-14-7-4-10(8-14)15-11-9(2)12-5-6-13-11/h5-6,10H,3-4,7-8H2,1-2H3. The maximum Gasteiger partial charge on any atom is 0.235 e. The van der Waals surface area contributed by atoms with Crippen molar-refractivity contribution in [3.05, 3.63) is 18.1 Å². The molecule has 4 nitrogen and oxygen atoms in total. The fraction of sp³-hybridized carbons (Fsp3) is 0.636.